The largest absolute Gasteiger partial charge is 0.467 e. The number of nitrogens with zero attached hydrogens (tertiary/aromatic N) is 2. The van der Waals surface area contributed by atoms with Crippen LogP contribution in [0.1, 0.15) is 24.3 Å². The van der Waals surface area contributed by atoms with E-state index >= 15 is 0 Å². The van der Waals surface area contributed by atoms with Crippen molar-refractivity contribution in [2.75, 3.05) is 11.9 Å². The monoisotopic (exact) mass is 247 g/mol. The minimum atomic E-state index is 0.624. The number of oxazole rings is 1. The van der Waals surface area contributed by atoms with Crippen molar-refractivity contribution < 1.29 is 8.83 Å². The van der Waals surface area contributed by atoms with E-state index in [1.54, 1.807) is 12.5 Å². The van der Waals surface area contributed by atoms with Crippen LogP contribution in [0.5, 0.6) is 0 Å². The minimum Gasteiger partial charge on any atom is -0.467 e. The third kappa shape index (κ3) is 2.73. The zero-order valence-electron chi connectivity index (χ0n) is 10.4. The molecule has 1 N–H and O–H groups in total. The van der Waals surface area contributed by atoms with E-state index < -0.39 is 0 Å². The Morgan fingerprint density at radius 1 is 1.44 bits per heavy atom. The van der Waals surface area contributed by atoms with Crippen LogP contribution in [0, 0.1) is 0 Å². The maximum absolute atomic E-state index is 5.46. The van der Waals surface area contributed by atoms with Gasteiger partial charge in [0.15, 0.2) is 0 Å². The normalized spacial score (nSPS) is 14.9. The summed E-state index contributed by atoms with van der Waals surface area (Å²) in [6.45, 7) is 1.44. The molecular formula is C13H17N3O2. The van der Waals surface area contributed by atoms with Crippen LogP contribution in [0.3, 0.4) is 0 Å². The highest BCUT2D eigenvalue weighted by atomic mass is 16.4. The second-order valence-electron chi connectivity index (χ2n) is 4.71. The molecule has 0 spiro atoms. The summed E-state index contributed by atoms with van der Waals surface area (Å²) in [6, 6.07) is 5.13. The molecule has 5 heteroatoms. The Morgan fingerprint density at radius 3 is 3.06 bits per heavy atom. The number of hydrogen-bond donors (Lipinski definition) is 1. The lowest BCUT2D eigenvalue weighted by Crippen LogP contribution is -2.17. The molecule has 5 nitrogen and oxygen atoms in total. The fraction of sp³-hybridized carbons (Fsp3) is 0.462. The van der Waals surface area contributed by atoms with E-state index in [1.807, 2.05) is 24.1 Å². The Hall–Kier alpha value is -1.75. The first-order valence-corrected chi connectivity index (χ1v) is 6.22. The molecule has 0 unspecified atom stereocenters. The van der Waals surface area contributed by atoms with Gasteiger partial charge in [0.1, 0.15) is 12.0 Å². The lowest BCUT2D eigenvalue weighted by molar-refractivity contribution is 0.488. The molecule has 1 fully saturated rings. The molecule has 3 rings (SSSR count). The van der Waals surface area contributed by atoms with Crippen LogP contribution in [0.25, 0.3) is 0 Å². The summed E-state index contributed by atoms with van der Waals surface area (Å²) >= 11 is 0. The maximum Gasteiger partial charge on any atom is 0.297 e. The van der Waals surface area contributed by atoms with E-state index in [1.165, 1.54) is 12.8 Å². The Kier molecular flexibility index (Phi) is 3.06. The number of hydrogen-bond acceptors (Lipinski definition) is 5. The minimum absolute atomic E-state index is 0.624. The number of rotatable bonds is 6. The molecule has 0 atom stereocenters. The van der Waals surface area contributed by atoms with Crippen molar-refractivity contribution in [3.63, 3.8) is 0 Å². The Balaban J connectivity index is 1.57. The van der Waals surface area contributed by atoms with Crippen LogP contribution in [0.4, 0.5) is 6.01 Å². The van der Waals surface area contributed by atoms with Gasteiger partial charge >= 0.3 is 0 Å². The average Bonchev–Trinajstić information content (AvgIpc) is 2.88. The standard InChI is InChI=1S/C13H17N3O2/c1-16(8-12-3-2-6-17-12)13-15-11(9-18-13)7-14-10-4-5-10/h2-3,6,9-10,14H,4-5,7-8H2,1H3. The van der Waals surface area contributed by atoms with Crippen LogP contribution < -0.4 is 10.2 Å². The molecule has 0 bridgehead atoms. The second-order valence-corrected chi connectivity index (χ2v) is 4.71. The first-order valence-electron chi connectivity index (χ1n) is 6.22. The quantitative estimate of drug-likeness (QED) is 0.847. The Bertz CT molecular complexity index is 488. The third-order valence-corrected chi connectivity index (χ3v) is 2.99. The molecule has 96 valence electrons. The Labute approximate surface area is 106 Å². The van der Waals surface area contributed by atoms with E-state index in [-0.39, 0.29) is 0 Å². The molecule has 2 heterocycles. The van der Waals surface area contributed by atoms with Gasteiger partial charge in [0.25, 0.3) is 6.01 Å². The number of nitrogens with one attached hydrogen (secondary N) is 1. The molecule has 0 amide bonds. The predicted octanol–water partition coefficient (Wildman–Crippen LogP) is 2.16. The van der Waals surface area contributed by atoms with Gasteiger partial charge in [0.05, 0.1) is 18.5 Å². The van der Waals surface area contributed by atoms with Gasteiger partial charge in [-0.1, -0.05) is 0 Å². The van der Waals surface area contributed by atoms with Crippen LogP contribution in [0.2, 0.25) is 0 Å². The molecule has 2 aromatic heterocycles. The first kappa shape index (κ1) is 11.3. The van der Waals surface area contributed by atoms with Crippen LogP contribution >= 0.6 is 0 Å². The highest BCUT2D eigenvalue weighted by molar-refractivity contribution is 5.26. The molecule has 0 saturated heterocycles. The fourth-order valence-electron chi connectivity index (χ4n) is 1.79. The fourth-order valence-corrected chi connectivity index (χ4v) is 1.79. The predicted molar refractivity (Wildman–Crippen MR) is 67.2 cm³/mol. The van der Waals surface area contributed by atoms with Gasteiger partial charge in [0.2, 0.25) is 0 Å². The summed E-state index contributed by atoms with van der Waals surface area (Å²) in [4.78, 5) is 6.38. The summed E-state index contributed by atoms with van der Waals surface area (Å²) in [7, 11) is 1.94. The zero-order chi connectivity index (χ0) is 12.4. The molecule has 18 heavy (non-hydrogen) atoms. The first-order chi connectivity index (χ1) is 8.81. The van der Waals surface area contributed by atoms with E-state index in [4.69, 9.17) is 8.83 Å². The van der Waals surface area contributed by atoms with Crippen molar-refractivity contribution in [3.05, 3.63) is 36.1 Å². The number of aromatic nitrogens is 1. The molecule has 0 radical (unpaired) electrons. The van der Waals surface area contributed by atoms with E-state index in [0.29, 0.717) is 18.6 Å². The SMILES string of the molecule is CN(Cc1ccco1)c1nc(CNC2CC2)co1. The summed E-state index contributed by atoms with van der Waals surface area (Å²) < 4.78 is 10.8. The van der Waals surface area contributed by atoms with Gasteiger partial charge in [0, 0.05) is 19.6 Å². The highest BCUT2D eigenvalue weighted by Gasteiger charge is 2.20. The van der Waals surface area contributed by atoms with Crippen molar-refractivity contribution in [1.82, 2.24) is 10.3 Å². The van der Waals surface area contributed by atoms with Gasteiger partial charge in [-0.25, -0.2) is 0 Å². The lowest BCUT2D eigenvalue weighted by Gasteiger charge is -2.11. The summed E-state index contributed by atoms with van der Waals surface area (Å²) in [6.07, 6.45) is 5.94. The van der Waals surface area contributed by atoms with Crippen LogP contribution in [-0.2, 0) is 13.1 Å². The van der Waals surface area contributed by atoms with Crippen molar-refractivity contribution in [2.24, 2.45) is 0 Å². The molecule has 1 aliphatic carbocycles. The second kappa shape index (κ2) is 4.86. The molecule has 0 aliphatic heterocycles. The van der Waals surface area contributed by atoms with Crippen molar-refractivity contribution >= 4 is 6.01 Å². The van der Waals surface area contributed by atoms with E-state index in [2.05, 4.69) is 10.3 Å². The van der Waals surface area contributed by atoms with Crippen molar-refractivity contribution in [3.8, 4) is 0 Å². The lowest BCUT2D eigenvalue weighted by atomic mass is 10.4. The summed E-state index contributed by atoms with van der Waals surface area (Å²) in [5, 5.41) is 3.41. The summed E-state index contributed by atoms with van der Waals surface area (Å²) in [5.74, 6) is 0.897. The third-order valence-electron chi connectivity index (χ3n) is 2.99. The van der Waals surface area contributed by atoms with Crippen LogP contribution in [0.15, 0.2) is 33.5 Å². The maximum atomic E-state index is 5.46. The molecular weight excluding hydrogens is 230 g/mol. The van der Waals surface area contributed by atoms with Gasteiger partial charge in [-0.3, -0.25) is 0 Å². The van der Waals surface area contributed by atoms with Gasteiger partial charge < -0.3 is 19.1 Å². The average molecular weight is 247 g/mol. The molecule has 2 aromatic rings. The summed E-state index contributed by atoms with van der Waals surface area (Å²) in [5.41, 5.74) is 0.947. The number of furan rings is 1. The number of anilines is 1. The smallest absolute Gasteiger partial charge is 0.297 e. The van der Waals surface area contributed by atoms with Crippen molar-refractivity contribution in [2.45, 2.75) is 32.0 Å². The van der Waals surface area contributed by atoms with Gasteiger partial charge in [-0.05, 0) is 25.0 Å². The van der Waals surface area contributed by atoms with E-state index in [0.717, 1.165) is 18.0 Å². The Morgan fingerprint density at radius 2 is 2.33 bits per heavy atom. The highest BCUT2D eigenvalue weighted by Crippen LogP contribution is 2.20. The van der Waals surface area contributed by atoms with E-state index in [9.17, 15) is 0 Å². The molecule has 1 saturated carbocycles. The van der Waals surface area contributed by atoms with Gasteiger partial charge in [-0.2, -0.15) is 4.98 Å². The molecule has 1 aliphatic rings. The van der Waals surface area contributed by atoms with Crippen LogP contribution in [-0.4, -0.2) is 18.1 Å². The van der Waals surface area contributed by atoms with Crippen molar-refractivity contribution in [1.29, 1.82) is 0 Å². The molecule has 0 aromatic carbocycles. The van der Waals surface area contributed by atoms with Gasteiger partial charge in [-0.15, -0.1) is 0 Å². The zero-order valence-corrected chi connectivity index (χ0v) is 10.4. The topological polar surface area (TPSA) is 54.4 Å².